The molecule has 0 aliphatic carbocycles. The summed E-state index contributed by atoms with van der Waals surface area (Å²) in [7, 11) is 0. The Labute approximate surface area is 191 Å². The second-order valence-corrected chi connectivity index (χ2v) is 8.33. The molecule has 8 heteroatoms. The Bertz CT molecular complexity index is 1190. The zero-order valence-electron chi connectivity index (χ0n) is 18.8. The van der Waals surface area contributed by atoms with Crippen molar-refractivity contribution in [3.8, 4) is 5.75 Å². The summed E-state index contributed by atoms with van der Waals surface area (Å²) in [5, 5.41) is 0. The minimum atomic E-state index is -0.538. The first-order chi connectivity index (χ1) is 15.9. The van der Waals surface area contributed by atoms with Gasteiger partial charge in [0.05, 0.1) is 11.3 Å². The fourth-order valence-corrected chi connectivity index (χ4v) is 4.22. The Balaban J connectivity index is 1.32. The van der Waals surface area contributed by atoms with Crippen LogP contribution in [0.25, 0.3) is 5.65 Å². The molecule has 1 aliphatic heterocycles. The lowest BCUT2D eigenvalue weighted by molar-refractivity contribution is -0.139. The Morgan fingerprint density at radius 1 is 1.06 bits per heavy atom. The van der Waals surface area contributed by atoms with Crippen molar-refractivity contribution in [3.05, 3.63) is 76.3 Å². The smallest absolute Gasteiger partial charge is 0.338 e. The van der Waals surface area contributed by atoms with E-state index in [-0.39, 0.29) is 36.8 Å². The van der Waals surface area contributed by atoms with Crippen molar-refractivity contribution >= 4 is 17.5 Å². The Hall–Kier alpha value is -3.68. The van der Waals surface area contributed by atoms with E-state index < -0.39 is 5.97 Å². The van der Waals surface area contributed by atoms with Gasteiger partial charge >= 0.3 is 5.97 Å². The Morgan fingerprint density at radius 2 is 1.79 bits per heavy atom. The quantitative estimate of drug-likeness (QED) is 0.537. The van der Waals surface area contributed by atoms with Gasteiger partial charge in [-0.3, -0.25) is 14.0 Å². The number of hydrogen-bond donors (Lipinski definition) is 0. The summed E-state index contributed by atoms with van der Waals surface area (Å²) >= 11 is 0. The predicted octanol–water partition coefficient (Wildman–Crippen LogP) is 3.22. The molecule has 0 N–H and O–H groups in total. The standard InChI is InChI=1S/C25H27N3O5/c1-17-6-5-7-18(2)28(17)24(30)16-32-21-11-9-19(10-12-21)25(31)33-15-20-14-23(29)27-13-4-3-8-22(27)26-20/h3-4,8-14,17-18H,5-7,15-16H2,1-2H3. The van der Waals surface area contributed by atoms with Gasteiger partial charge in [0, 0.05) is 24.3 Å². The minimum Gasteiger partial charge on any atom is -0.484 e. The number of nitrogens with zero attached hydrogens (tertiary/aromatic N) is 3. The lowest BCUT2D eigenvalue weighted by atomic mass is 9.97. The van der Waals surface area contributed by atoms with Gasteiger partial charge < -0.3 is 14.4 Å². The van der Waals surface area contributed by atoms with Gasteiger partial charge in [0.15, 0.2) is 6.61 Å². The molecule has 0 bridgehead atoms. The Kier molecular flexibility index (Phi) is 6.72. The third-order valence-corrected chi connectivity index (χ3v) is 5.91. The molecule has 2 aromatic heterocycles. The van der Waals surface area contributed by atoms with Crippen LogP contribution in [-0.2, 0) is 16.1 Å². The van der Waals surface area contributed by atoms with Gasteiger partial charge in [-0.15, -0.1) is 0 Å². The summed E-state index contributed by atoms with van der Waals surface area (Å²) in [6.07, 6.45) is 4.79. The molecule has 1 amide bonds. The molecule has 0 saturated carbocycles. The third kappa shape index (κ3) is 5.22. The van der Waals surface area contributed by atoms with E-state index in [2.05, 4.69) is 18.8 Å². The monoisotopic (exact) mass is 449 g/mol. The molecular formula is C25H27N3O5. The van der Waals surface area contributed by atoms with Crippen LogP contribution in [0.3, 0.4) is 0 Å². The van der Waals surface area contributed by atoms with Crippen molar-refractivity contribution in [1.29, 1.82) is 0 Å². The minimum absolute atomic E-state index is 0.0306. The van der Waals surface area contributed by atoms with E-state index in [0.29, 0.717) is 22.7 Å². The SMILES string of the molecule is CC1CCCC(C)N1C(=O)COc1ccc(C(=O)OCc2cc(=O)n3ccccc3n2)cc1. The molecule has 8 nitrogen and oxygen atoms in total. The van der Waals surface area contributed by atoms with E-state index in [1.54, 1.807) is 48.7 Å². The van der Waals surface area contributed by atoms with Gasteiger partial charge in [0.2, 0.25) is 0 Å². The van der Waals surface area contributed by atoms with Crippen molar-refractivity contribution < 1.29 is 19.1 Å². The van der Waals surface area contributed by atoms with Crippen molar-refractivity contribution in [2.24, 2.45) is 0 Å². The normalized spacial score (nSPS) is 18.2. The van der Waals surface area contributed by atoms with Gasteiger partial charge in [0.25, 0.3) is 11.5 Å². The average Bonchev–Trinajstić information content (AvgIpc) is 2.81. The molecule has 3 heterocycles. The van der Waals surface area contributed by atoms with Crippen LogP contribution in [0, 0.1) is 0 Å². The number of piperidine rings is 1. The fraction of sp³-hybridized carbons (Fsp3) is 0.360. The van der Waals surface area contributed by atoms with Gasteiger partial charge in [-0.25, -0.2) is 9.78 Å². The molecule has 1 saturated heterocycles. The zero-order chi connectivity index (χ0) is 23.4. The van der Waals surface area contributed by atoms with E-state index in [9.17, 15) is 14.4 Å². The molecule has 0 spiro atoms. The van der Waals surface area contributed by atoms with E-state index in [1.165, 1.54) is 10.5 Å². The number of carbonyl (C=O) groups is 2. The molecule has 3 aromatic rings. The van der Waals surface area contributed by atoms with Crippen LogP contribution < -0.4 is 10.3 Å². The van der Waals surface area contributed by atoms with E-state index >= 15 is 0 Å². The second-order valence-electron chi connectivity index (χ2n) is 8.33. The average molecular weight is 450 g/mol. The van der Waals surface area contributed by atoms with Crippen molar-refractivity contribution in [2.45, 2.75) is 51.8 Å². The number of ether oxygens (including phenoxy) is 2. The predicted molar refractivity (Wildman–Crippen MR) is 122 cm³/mol. The number of aromatic nitrogens is 2. The molecule has 2 unspecified atom stereocenters. The van der Waals surface area contributed by atoms with Gasteiger partial charge in [-0.05, 0) is 69.5 Å². The van der Waals surface area contributed by atoms with E-state index in [4.69, 9.17) is 9.47 Å². The number of carbonyl (C=O) groups excluding carboxylic acids is 2. The number of amides is 1. The lowest BCUT2D eigenvalue weighted by Crippen LogP contribution is -2.49. The first-order valence-electron chi connectivity index (χ1n) is 11.1. The highest BCUT2D eigenvalue weighted by molar-refractivity contribution is 5.89. The maximum absolute atomic E-state index is 12.6. The summed E-state index contributed by atoms with van der Waals surface area (Å²) in [6.45, 7) is 3.98. The molecule has 33 heavy (non-hydrogen) atoms. The third-order valence-electron chi connectivity index (χ3n) is 5.91. The molecule has 1 aromatic carbocycles. The van der Waals surface area contributed by atoms with Gasteiger partial charge in [-0.1, -0.05) is 6.07 Å². The van der Waals surface area contributed by atoms with Crippen LogP contribution in [0.5, 0.6) is 5.75 Å². The summed E-state index contributed by atoms with van der Waals surface area (Å²) in [6, 6.07) is 13.4. The van der Waals surface area contributed by atoms with Crippen LogP contribution in [-0.4, -0.2) is 44.9 Å². The van der Waals surface area contributed by atoms with Crippen LogP contribution in [0.1, 0.15) is 49.2 Å². The number of rotatable bonds is 6. The number of esters is 1. The van der Waals surface area contributed by atoms with Crippen LogP contribution in [0.2, 0.25) is 0 Å². The highest BCUT2D eigenvalue weighted by Gasteiger charge is 2.29. The molecule has 2 atom stereocenters. The maximum atomic E-state index is 12.6. The molecule has 1 fully saturated rings. The molecular weight excluding hydrogens is 422 g/mol. The first-order valence-corrected chi connectivity index (χ1v) is 11.1. The largest absolute Gasteiger partial charge is 0.484 e. The zero-order valence-corrected chi connectivity index (χ0v) is 18.8. The molecule has 1 aliphatic rings. The Morgan fingerprint density at radius 3 is 2.52 bits per heavy atom. The van der Waals surface area contributed by atoms with Crippen molar-refractivity contribution in [1.82, 2.24) is 14.3 Å². The van der Waals surface area contributed by atoms with Gasteiger partial charge in [0.1, 0.15) is 18.0 Å². The van der Waals surface area contributed by atoms with Crippen LogP contribution >= 0.6 is 0 Å². The topological polar surface area (TPSA) is 90.2 Å². The summed E-state index contributed by atoms with van der Waals surface area (Å²) in [4.78, 5) is 43.4. The maximum Gasteiger partial charge on any atom is 0.338 e. The first kappa shape index (κ1) is 22.5. The van der Waals surface area contributed by atoms with Crippen molar-refractivity contribution in [2.75, 3.05) is 6.61 Å². The fourth-order valence-electron chi connectivity index (χ4n) is 4.22. The number of pyridine rings is 1. The number of benzene rings is 1. The highest BCUT2D eigenvalue weighted by Crippen LogP contribution is 2.23. The number of likely N-dealkylation sites (tertiary alicyclic amines) is 1. The van der Waals surface area contributed by atoms with Crippen molar-refractivity contribution in [3.63, 3.8) is 0 Å². The second kappa shape index (κ2) is 9.85. The van der Waals surface area contributed by atoms with E-state index in [0.717, 1.165) is 19.3 Å². The molecule has 4 rings (SSSR count). The highest BCUT2D eigenvalue weighted by atomic mass is 16.5. The molecule has 172 valence electrons. The summed E-state index contributed by atoms with van der Waals surface area (Å²) < 4.78 is 12.4. The summed E-state index contributed by atoms with van der Waals surface area (Å²) in [5.41, 5.74) is 0.958. The van der Waals surface area contributed by atoms with Crippen LogP contribution in [0.4, 0.5) is 0 Å². The molecule has 0 radical (unpaired) electrons. The number of hydrogen-bond acceptors (Lipinski definition) is 6. The van der Waals surface area contributed by atoms with E-state index in [1.807, 2.05) is 4.90 Å². The van der Waals surface area contributed by atoms with Crippen LogP contribution in [0.15, 0.2) is 59.5 Å². The van der Waals surface area contributed by atoms with Gasteiger partial charge in [-0.2, -0.15) is 0 Å². The number of fused-ring (bicyclic) bond motifs is 1. The lowest BCUT2D eigenvalue weighted by Gasteiger charge is -2.38. The summed E-state index contributed by atoms with van der Waals surface area (Å²) in [5.74, 6) is -0.0675.